The molecule has 3 aromatic rings. The maximum absolute atomic E-state index is 10.9. The summed E-state index contributed by atoms with van der Waals surface area (Å²) in [5.74, 6) is -0.438. The Hall–Kier alpha value is -2.41. The van der Waals surface area contributed by atoms with Gasteiger partial charge in [-0.05, 0) is 47.0 Å². The normalized spacial score (nSPS) is 14.1. The zero-order valence-electron chi connectivity index (χ0n) is 12.0. The van der Waals surface area contributed by atoms with Crippen molar-refractivity contribution >= 4 is 21.9 Å². The highest BCUT2D eigenvalue weighted by Crippen LogP contribution is 2.44. The van der Waals surface area contributed by atoms with Crippen molar-refractivity contribution in [3.8, 4) is 16.9 Å². The molecule has 2 N–H and O–H groups in total. The van der Waals surface area contributed by atoms with Crippen LogP contribution in [0.2, 0.25) is 0 Å². The SMILES string of the molecule is O=C(O)c1cc(-c2ccc(-n3ncc(Br)c3C3CC3)cc2)n[nH]1. The molecule has 6 nitrogen and oxygen atoms in total. The molecule has 0 unspecified atom stereocenters. The Morgan fingerprint density at radius 3 is 2.65 bits per heavy atom. The number of aromatic carboxylic acids is 1. The number of aromatic nitrogens is 4. The van der Waals surface area contributed by atoms with Gasteiger partial charge in [-0.1, -0.05) is 12.1 Å². The first kappa shape index (κ1) is 14.2. The minimum atomic E-state index is -1.02. The number of carbonyl (C=O) groups is 1. The van der Waals surface area contributed by atoms with Gasteiger partial charge in [-0.15, -0.1) is 0 Å². The van der Waals surface area contributed by atoms with Gasteiger partial charge in [0.15, 0.2) is 0 Å². The third-order valence-corrected chi connectivity index (χ3v) is 4.55. The molecular weight excluding hydrogens is 360 g/mol. The fraction of sp³-hybridized carbons (Fsp3) is 0.188. The highest BCUT2D eigenvalue weighted by Gasteiger charge is 2.30. The maximum Gasteiger partial charge on any atom is 0.353 e. The number of hydrogen-bond acceptors (Lipinski definition) is 3. The average Bonchev–Trinajstić information content (AvgIpc) is 3.11. The number of carboxylic acid groups (broad SMARTS) is 1. The summed E-state index contributed by atoms with van der Waals surface area (Å²) in [6, 6.07) is 9.30. The molecule has 0 amide bonds. The van der Waals surface area contributed by atoms with Gasteiger partial charge < -0.3 is 5.11 Å². The number of hydrogen-bond donors (Lipinski definition) is 2. The standard InChI is InChI=1S/C16H13BrN4O2/c17-12-8-18-21(15(12)10-1-2-10)11-5-3-9(4-6-11)13-7-14(16(22)23)20-19-13/h3-8,10H,1-2H2,(H,19,20)(H,22,23). The maximum atomic E-state index is 10.9. The van der Waals surface area contributed by atoms with Crippen LogP contribution in [0.3, 0.4) is 0 Å². The number of H-pyrrole nitrogens is 1. The van der Waals surface area contributed by atoms with E-state index in [1.54, 1.807) is 0 Å². The van der Waals surface area contributed by atoms with Gasteiger partial charge in [0.2, 0.25) is 0 Å². The summed E-state index contributed by atoms with van der Waals surface area (Å²) in [5.41, 5.74) is 3.74. The lowest BCUT2D eigenvalue weighted by atomic mass is 10.1. The summed E-state index contributed by atoms with van der Waals surface area (Å²) in [5, 5.41) is 19.9. The zero-order valence-corrected chi connectivity index (χ0v) is 13.6. The third-order valence-electron chi connectivity index (χ3n) is 3.94. The fourth-order valence-electron chi connectivity index (χ4n) is 2.62. The predicted octanol–water partition coefficient (Wildman–Crippen LogP) is 3.60. The number of nitrogens with one attached hydrogen (secondary N) is 1. The van der Waals surface area contributed by atoms with Gasteiger partial charge in [-0.25, -0.2) is 9.48 Å². The number of benzene rings is 1. The topological polar surface area (TPSA) is 83.8 Å². The van der Waals surface area contributed by atoms with Crippen LogP contribution < -0.4 is 0 Å². The van der Waals surface area contributed by atoms with E-state index in [0.29, 0.717) is 11.6 Å². The van der Waals surface area contributed by atoms with Gasteiger partial charge in [0.25, 0.3) is 0 Å². The van der Waals surface area contributed by atoms with E-state index < -0.39 is 5.97 Å². The van der Waals surface area contributed by atoms with Crippen molar-refractivity contribution in [1.29, 1.82) is 0 Å². The molecule has 0 aliphatic heterocycles. The fourth-order valence-corrected chi connectivity index (χ4v) is 3.20. The van der Waals surface area contributed by atoms with Crippen LogP contribution in [0, 0.1) is 0 Å². The first-order valence-corrected chi connectivity index (χ1v) is 8.05. The van der Waals surface area contributed by atoms with Crippen molar-refractivity contribution in [3.05, 3.63) is 52.4 Å². The van der Waals surface area contributed by atoms with Crippen LogP contribution in [-0.2, 0) is 0 Å². The number of carboxylic acids is 1. The Balaban J connectivity index is 1.66. The molecular formula is C16H13BrN4O2. The first-order valence-electron chi connectivity index (χ1n) is 7.26. The van der Waals surface area contributed by atoms with Gasteiger partial charge in [0, 0.05) is 11.5 Å². The molecule has 7 heteroatoms. The van der Waals surface area contributed by atoms with Crippen molar-refractivity contribution in [1.82, 2.24) is 20.0 Å². The minimum Gasteiger partial charge on any atom is -0.477 e. The van der Waals surface area contributed by atoms with Crippen LogP contribution >= 0.6 is 15.9 Å². The summed E-state index contributed by atoms with van der Waals surface area (Å²) in [6.45, 7) is 0. The van der Waals surface area contributed by atoms with Crippen molar-refractivity contribution < 1.29 is 9.90 Å². The molecule has 116 valence electrons. The molecule has 1 fully saturated rings. The number of halogens is 1. The Bertz CT molecular complexity index is 878. The molecule has 0 radical (unpaired) electrons. The smallest absolute Gasteiger partial charge is 0.353 e. The van der Waals surface area contributed by atoms with E-state index >= 15 is 0 Å². The van der Waals surface area contributed by atoms with E-state index in [9.17, 15) is 4.79 Å². The van der Waals surface area contributed by atoms with Gasteiger partial charge in [-0.2, -0.15) is 10.2 Å². The highest BCUT2D eigenvalue weighted by molar-refractivity contribution is 9.10. The molecule has 1 aliphatic rings. The molecule has 1 saturated carbocycles. The van der Waals surface area contributed by atoms with E-state index in [0.717, 1.165) is 15.7 Å². The van der Waals surface area contributed by atoms with Crippen molar-refractivity contribution in [2.45, 2.75) is 18.8 Å². The van der Waals surface area contributed by atoms with Crippen molar-refractivity contribution in [3.63, 3.8) is 0 Å². The Morgan fingerprint density at radius 1 is 1.30 bits per heavy atom. The monoisotopic (exact) mass is 372 g/mol. The van der Waals surface area contributed by atoms with Crippen LogP contribution in [0.15, 0.2) is 41.0 Å². The lowest BCUT2D eigenvalue weighted by Gasteiger charge is -2.07. The molecule has 0 saturated heterocycles. The van der Waals surface area contributed by atoms with Gasteiger partial charge in [0.05, 0.1) is 27.7 Å². The second kappa shape index (κ2) is 5.34. The molecule has 1 aliphatic carbocycles. The summed E-state index contributed by atoms with van der Waals surface area (Å²) >= 11 is 3.57. The molecule has 2 heterocycles. The van der Waals surface area contributed by atoms with Crippen LogP contribution in [0.25, 0.3) is 16.9 Å². The lowest BCUT2D eigenvalue weighted by molar-refractivity contribution is 0.0690. The average molecular weight is 373 g/mol. The molecule has 0 atom stereocenters. The second-order valence-electron chi connectivity index (χ2n) is 5.58. The van der Waals surface area contributed by atoms with Crippen LogP contribution in [0.5, 0.6) is 0 Å². The predicted molar refractivity (Wildman–Crippen MR) is 87.8 cm³/mol. The lowest BCUT2D eigenvalue weighted by Crippen LogP contribution is -2.01. The van der Waals surface area contributed by atoms with E-state index in [2.05, 4.69) is 31.2 Å². The molecule has 0 spiro atoms. The van der Waals surface area contributed by atoms with E-state index in [-0.39, 0.29) is 5.69 Å². The molecule has 4 rings (SSSR count). The minimum absolute atomic E-state index is 0.0797. The summed E-state index contributed by atoms with van der Waals surface area (Å²) < 4.78 is 3.00. The summed E-state index contributed by atoms with van der Waals surface area (Å²) in [4.78, 5) is 10.9. The Labute approximate surface area is 140 Å². The Morgan fingerprint density at radius 2 is 2.04 bits per heavy atom. The van der Waals surface area contributed by atoms with Crippen LogP contribution in [-0.4, -0.2) is 31.1 Å². The van der Waals surface area contributed by atoms with Crippen molar-refractivity contribution in [2.24, 2.45) is 0 Å². The van der Waals surface area contributed by atoms with Crippen LogP contribution in [0.4, 0.5) is 0 Å². The molecule has 2 aromatic heterocycles. The zero-order chi connectivity index (χ0) is 16.0. The van der Waals surface area contributed by atoms with Crippen LogP contribution in [0.1, 0.15) is 34.9 Å². The molecule has 23 heavy (non-hydrogen) atoms. The number of rotatable bonds is 4. The first-order chi connectivity index (χ1) is 11.1. The largest absolute Gasteiger partial charge is 0.477 e. The van der Waals surface area contributed by atoms with E-state index in [4.69, 9.17) is 5.11 Å². The van der Waals surface area contributed by atoms with Gasteiger partial charge in [-0.3, -0.25) is 5.10 Å². The van der Waals surface area contributed by atoms with E-state index in [1.165, 1.54) is 24.6 Å². The highest BCUT2D eigenvalue weighted by atomic mass is 79.9. The molecule has 1 aromatic carbocycles. The summed E-state index contributed by atoms with van der Waals surface area (Å²) in [6.07, 6.45) is 4.23. The third kappa shape index (κ3) is 2.57. The Kier molecular flexibility index (Phi) is 3.30. The van der Waals surface area contributed by atoms with Gasteiger partial charge in [0.1, 0.15) is 5.69 Å². The summed E-state index contributed by atoms with van der Waals surface area (Å²) in [7, 11) is 0. The molecule has 0 bridgehead atoms. The van der Waals surface area contributed by atoms with Gasteiger partial charge >= 0.3 is 5.97 Å². The second-order valence-corrected chi connectivity index (χ2v) is 6.44. The quantitative estimate of drug-likeness (QED) is 0.732. The number of nitrogens with zero attached hydrogens (tertiary/aromatic N) is 3. The number of aromatic amines is 1. The van der Waals surface area contributed by atoms with Crippen molar-refractivity contribution in [2.75, 3.05) is 0 Å². The van der Waals surface area contributed by atoms with E-state index in [1.807, 2.05) is 35.1 Å².